The van der Waals surface area contributed by atoms with E-state index in [4.69, 9.17) is 32.4 Å². The number of fused-ring (bicyclic) bond motifs is 1. The van der Waals surface area contributed by atoms with Gasteiger partial charge in [0.25, 0.3) is 0 Å². The van der Waals surface area contributed by atoms with Crippen molar-refractivity contribution in [1.82, 2.24) is 0 Å². The third-order valence-electron chi connectivity index (χ3n) is 4.58. The minimum atomic E-state index is -0.404. The van der Waals surface area contributed by atoms with Crippen LogP contribution in [0.1, 0.15) is 11.3 Å². The highest BCUT2D eigenvalue weighted by Crippen LogP contribution is 2.28. The normalized spacial score (nSPS) is 11.0. The van der Waals surface area contributed by atoms with Crippen molar-refractivity contribution >= 4 is 34.2 Å². The van der Waals surface area contributed by atoms with E-state index in [1.54, 1.807) is 55.5 Å². The van der Waals surface area contributed by atoms with Crippen LogP contribution in [0.3, 0.4) is 0 Å². The molecule has 0 spiro atoms. The number of aryl methyl sites for hydroxylation is 1. The highest BCUT2D eigenvalue weighted by atomic mass is 35.5. The van der Waals surface area contributed by atoms with Gasteiger partial charge in [-0.3, -0.25) is 4.79 Å². The van der Waals surface area contributed by atoms with Crippen LogP contribution in [-0.2, 0) is 6.61 Å². The Hall–Kier alpha value is -2.82. The van der Waals surface area contributed by atoms with Gasteiger partial charge >= 0.3 is 0 Å². The van der Waals surface area contributed by atoms with E-state index in [1.165, 1.54) is 12.1 Å². The lowest BCUT2D eigenvalue weighted by Gasteiger charge is -2.10. The lowest BCUT2D eigenvalue weighted by molar-refractivity contribution is 0.306. The van der Waals surface area contributed by atoms with Crippen LogP contribution >= 0.6 is 23.2 Å². The molecule has 0 unspecified atom stereocenters. The molecule has 146 valence electrons. The number of benzene rings is 3. The van der Waals surface area contributed by atoms with E-state index in [-0.39, 0.29) is 12.0 Å². The third kappa shape index (κ3) is 4.00. The largest absolute Gasteiger partial charge is 0.489 e. The highest BCUT2D eigenvalue weighted by Gasteiger charge is 2.14. The summed E-state index contributed by atoms with van der Waals surface area (Å²) >= 11 is 12.0. The Morgan fingerprint density at radius 1 is 1.00 bits per heavy atom. The summed E-state index contributed by atoms with van der Waals surface area (Å²) in [5, 5.41) is 1.34. The molecule has 1 aromatic heterocycles. The van der Waals surface area contributed by atoms with Crippen molar-refractivity contribution in [1.29, 1.82) is 0 Å². The van der Waals surface area contributed by atoms with Gasteiger partial charge in [-0.15, -0.1) is 0 Å². The summed E-state index contributed by atoms with van der Waals surface area (Å²) in [5.74, 6) is 0.612. The second-order valence-corrected chi connectivity index (χ2v) is 7.40. The quantitative estimate of drug-likeness (QED) is 0.359. The molecular formula is C23H15Cl2FO3. The standard InChI is InChI=1S/C23H15Cl2FO3/c1-13-22(14-2-5-16(24)6-3-14)23(27)19-9-8-18(11-21(19)29-13)28-12-15-4-7-17(26)10-20(15)25/h2-11H,12H2,1H3. The van der Waals surface area contributed by atoms with Gasteiger partial charge in [-0.25, -0.2) is 4.39 Å². The number of hydrogen-bond acceptors (Lipinski definition) is 3. The molecule has 3 aromatic carbocycles. The summed E-state index contributed by atoms with van der Waals surface area (Å²) in [6, 6.07) is 16.2. The van der Waals surface area contributed by atoms with E-state index in [0.29, 0.717) is 43.7 Å². The van der Waals surface area contributed by atoms with Crippen LogP contribution in [-0.4, -0.2) is 0 Å². The first-order chi connectivity index (χ1) is 13.9. The number of hydrogen-bond donors (Lipinski definition) is 0. The minimum absolute atomic E-state index is 0.126. The van der Waals surface area contributed by atoms with Gasteiger partial charge in [-0.05, 0) is 48.9 Å². The average Bonchev–Trinajstić information content (AvgIpc) is 2.68. The fourth-order valence-electron chi connectivity index (χ4n) is 3.13. The molecule has 29 heavy (non-hydrogen) atoms. The first-order valence-corrected chi connectivity index (χ1v) is 9.58. The zero-order valence-corrected chi connectivity index (χ0v) is 16.9. The summed E-state index contributed by atoms with van der Waals surface area (Å²) in [6.45, 7) is 1.91. The maximum Gasteiger partial charge on any atom is 0.200 e. The van der Waals surface area contributed by atoms with E-state index < -0.39 is 5.82 Å². The van der Waals surface area contributed by atoms with Crippen LogP contribution in [0, 0.1) is 12.7 Å². The topological polar surface area (TPSA) is 39.4 Å². The Morgan fingerprint density at radius 3 is 2.48 bits per heavy atom. The van der Waals surface area contributed by atoms with Gasteiger partial charge in [0.1, 0.15) is 29.5 Å². The first kappa shape index (κ1) is 19.5. The second kappa shape index (κ2) is 7.90. The maximum atomic E-state index is 13.2. The fraction of sp³-hybridized carbons (Fsp3) is 0.0870. The molecule has 0 radical (unpaired) electrons. The average molecular weight is 429 g/mol. The summed E-state index contributed by atoms with van der Waals surface area (Å²) in [5.41, 5.74) is 2.20. The van der Waals surface area contributed by atoms with E-state index in [1.807, 2.05) is 0 Å². The van der Waals surface area contributed by atoms with Crippen molar-refractivity contribution in [3.05, 3.63) is 98.1 Å². The summed E-state index contributed by atoms with van der Waals surface area (Å²) in [7, 11) is 0. The maximum absolute atomic E-state index is 13.2. The molecule has 0 fully saturated rings. The second-order valence-electron chi connectivity index (χ2n) is 6.55. The molecule has 0 saturated heterocycles. The van der Waals surface area contributed by atoms with Gasteiger partial charge in [-0.1, -0.05) is 41.4 Å². The lowest BCUT2D eigenvalue weighted by Crippen LogP contribution is -2.07. The SMILES string of the molecule is Cc1oc2cc(OCc3ccc(F)cc3Cl)ccc2c(=O)c1-c1ccc(Cl)cc1. The van der Waals surface area contributed by atoms with Crippen LogP contribution in [0.5, 0.6) is 5.75 Å². The predicted molar refractivity (Wildman–Crippen MR) is 113 cm³/mol. The zero-order valence-electron chi connectivity index (χ0n) is 15.3. The predicted octanol–water partition coefficient (Wildman–Crippen LogP) is 6.79. The highest BCUT2D eigenvalue weighted by molar-refractivity contribution is 6.31. The molecule has 0 atom stereocenters. The van der Waals surface area contributed by atoms with E-state index in [0.717, 1.165) is 5.56 Å². The smallest absolute Gasteiger partial charge is 0.200 e. The van der Waals surface area contributed by atoms with E-state index in [2.05, 4.69) is 0 Å². The van der Waals surface area contributed by atoms with Crippen molar-refractivity contribution in [3.63, 3.8) is 0 Å². The van der Waals surface area contributed by atoms with Crippen molar-refractivity contribution in [3.8, 4) is 16.9 Å². The molecule has 0 aliphatic carbocycles. The number of halogens is 3. The Bertz CT molecular complexity index is 1260. The summed E-state index contributed by atoms with van der Waals surface area (Å²) in [6.07, 6.45) is 0. The molecule has 4 rings (SSSR count). The summed E-state index contributed by atoms with van der Waals surface area (Å²) in [4.78, 5) is 13.0. The van der Waals surface area contributed by atoms with Crippen LogP contribution in [0.25, 0.3) is 22.1 Å². The van der Waals surface area contributed by atoms with Crippen LogP contribution in [0.15, 0.2) is 69.9 Å². The Kier molecular flexibility index (Phi) is 5.31. The van der Waals surface area contributed by atoms with Gasteiger partial charge in [0.15, 0.2) is 0 Å². The number of ether oxygens (including phenoxy) is 1. The Morgan fingerprint density at radius 2 is 1.76 bits per heavy atom. The summed E-state index contributed by atoms with van der Waals surface area (Å²) < 4.78 is 24.8. The molecule has 1 heterocycles. The van der Waals surface area contributed by atoms with E-state index in [9.17, 15) is 9.18 Å². The van der Waals surface area contributed by atoms with Crippen molar-refractivity contribution in [2.75, 3.05) is 0 Å². The van der Waals surface area contributed by atoms with E-state index >= 15 is 0 Å². The van der Waals surface area contributed by atoms with Crippen molar-refractivity contribution in [2.24, 2.45) is 0 Å². The monoisotopic (exact) mass is 428 g/mol. The fourth-order valence-corrected chi connectivity index (χ4v) is 3.47. The van der Waals surface area contributed by atoms with Gasteiger partial charge in [0.2, 0.25) is 5.43 Å². The molecule has 0 amide bonds. The molecular weight excluding hydrogens is 414 g/mol. The molecule has 0 aliphatic heterocycles. The molecule has 0 saturated carbocycles. The molecule has 0 bridgehead atoms. The zero-order chi connectivity index (χ0) is 20.5. The molecule has 4 aromatic rings. The molecule has 0 aliphatic rings. The van der Waals surface area contributed by atoms with Crippen LogP contribution in [0.2, 0.25) is 10.0 Å². The third-order valence-corrected chi connectivity index (χ3v) is 5.19. The Labute approximate surface area is 176 Å². The van der Waals surface area contributed by atoms with Gasteiger partial charge in [0.05, 0.1) is 16.0 Å². The van der Waals surface area contributed by atoms with Crippen molar-refractivity contribution in [2.45, 2.75) is 13.5 Å². The van der Waals surface area contributed by atoms with Gasteiger partial charge < -0.3 is 9.15 Å². The van der Waals surface area contributed by atoms with Gasteiger partial charge in [-0.2, -0.15) is 0 Å². The first-order valence-electron chi connectivity index (χ1n) is 8.82. The minimum Gasteiger partial charge on any atom is -0.489 e. The molecule has 3 nitrogen and oxygen atoms in total. The molecule has 6 heteroatoms. The Balaban J connectivity index is 1.67. The number of rotatable bonds is 4. The van der Waals surface area contributed by atoms with Crippen LogP contribution in [0.4, 0.5) is 4.39 Å². The van der Waals surface area contributed by atoms with Crippen molar-refractivity contribution < 1.29 is 13.5 Å². The molecule has 0 N–H and O–H groups in total. The lowest BCUT2D eigenvalue weighted by atomic mass is 10.0. The van der Waals surface area contributed by atoms with Gasteiger partial charge in [0, 0.05) is 16.7 Å². The van der Waals surface area contributed by atoms with Crippen LogP contribution < -0.4 is 10.2 Å².